The highest BCUT2D eigenvalue weighted by molar-refractivity contribution is 8.14. The first kappa shape index (κ1) is 15.5. The fourth-order valence-corrected chi connectivity index (χ4v) is 3.33. The predicted octanol–water partition coefficient (Wildman–Crippen LogP) is 0.993. The zero-order valence-electron chi connectivity index (χ0n) is 12.4. The summed E-state index contributed by atoms with van der Waals surface area (Å²) in [6.45, 7) is 0.686. The standard InChI is InChI=1S/C15H14N2O5S/c1-22-14(20)10-4-2-9(3-5-10)13(19)16-6-11(7-16)17-12(18)8-23-15(17)21/h2-5,11H,6-8H2,1H3. The lowest BCUT2D eigenvalue weighted by Gasteiger charge is -2.42. The Morgan fingerprint density at radius 1 is 1.13 bits per heavy atom. The molecule has 3 amide bonds. The molecule has 7 nitrogen and oxygen atoms in total. The molecule has 0 saturated carbocycles. The van der Waals surface area contributed by atoms with Gasteiger partial charge in [-0.05, 0) is 24.3 Å². The van der Waals surface area contributed by atoms with Crippen molar-refractivity contribution in [3.63, 3.8) is 0 Å². The van der Waals surface area contributed by atoms with E-state index in [9.17, 15) is 19.2 Å². The van der Waals surface area contributed by atoms with Crippen molar-refractivity contribution < 1.29 is 23.9 Å². The number of amides is 3. The van der Waals surface area contributed by atoms with Crippen molar-refractivity contribution in [1.82, 2.24) is 9.80 Å². The van der Waals surface area contributed by atoms with Gasteiger partial charge in [0.25, 0.3) is 11.1 Å². The van der Waals surface area contributed by atoms with Crippen LogP contribution in [0.25, 0.3) is 0 Å². The Bertz CT molecular complexity index is 666. The highest BCUT2D eigenvalue weighted by Crippen LogP contribution is 2.27. The lowest BCUT2D eigenvalue weighted by Crippen LogP contribution is -2.62. The van der Waals surface area contributed by atoms with Gasteiger partial charge in [0, 0.05) is 18.7 Å². The summed E-state index contributed by atoms with van der Waals surface area (Å²) >= 11 is 0.994. The van der Waals surface area contributed by atoms with E-state index in [2.05, 4.69) is 4.74 Å². The number of carbonyl (C=O) groups is 4. The molecule has 0 aromatic heterocycles. The number of benzene rings is 1. The van der Waals surface area contributed by atoms with Crippen LogP contribution in [0, 0.1) is 0 Å². The van der Waals surface area contributed by atoms with E-state index in [0.29, 0.717) is 24.2 Å². The lowest BCUT2D eigenvalue weighted by molar-refractivity contribution is -0.128. The van der Waals surface area contributed by atoms with Gasteiger partial charge in [-0.3, -0.25) is 19.3 Å². The number of imide groups is 1. The van der Waals surface area contributed by atoms with Crippen LogP contribution in [0.2, 0.25) is 0 Å². The quantitative estimate of drug-likeness (QED) is 0.767. The molecular weight excluding hydrogens is 320 g/mol. The second-order valence-corrected chi connectivity index (χ2v) is 6.18. The van der Waals surface area contributed by atoms with Gasteiger partial charge in [0.15, 0.2) is 0 Å². The number of thioether (sulfide) groups is 1. The van der Waals surface area contributed by atoms with Gasteiger partial charge in [0.2, 0.25) is 5.91 Å². The van der Waals surface area contributed by atoms with Crippen molar-refractivity contribution >= 4 is 34.8 Å². The molecule has 1 aromatic rings. The molecule has 2 fully saturated rings. The summed E-state index contributed by atoms with van der Waals surface area (Å²) in [5.74, 6) is -0.668. The molecule has 1 aromatic carbocycles. The van der Waals surface area contributed by atoms with E-state index in [1.165, 1.54) is 24.1 Å². The number of hydrogen-bond acceptors (Lipinski definition) is 6. The Morgan fingerprint density at radius 2 is 1.74 bits per heavy atom. The van der Waals surface area contributed by atoms with Gasteiger partial charge in [-0.15, -0.1) is 0 Å². The van der Waals surface area contributed by atoms with E-state index in [0.717, 1.165) is 11.8 Å². The number of likely N-dealkylation sites (tertiary alicyclic amines) is 1. The van der Waals surface area contributed by atoms with Gasteiger partial charge < -0.3 is 9.64 Å². The third kappa shape index (κ3) is 2.81. The molecule has 23 heavy (non-hydrogen) atoms. The molecule has 0 unspecified atom stereocenters. The first-order chi connectivity index (χ1) is 11.0. The van der Waals surface area contributed by atoms with Crippen molar-refractivity contribution in [3.8, 4) is 0 Å². The van der Waals surface area contributed by atoms with E-state index in [4.69, 9.17) is 0 Å². The minimum absolute atomic E-state index is 0.179. The molecule has 0 bridgehead atoms. The third-order valence-electron chi connectivity index (χ3n) is 3.85. The summed E-state index contributed by atoms with van der Waals surface area (Å²) < 4.78 is 4.60. The van der Waals surface area contributed by atoms with Gasteiger partial charge in [0.1, 0.15) is 0 Å². The second-order valence-electron chi connectivity index (χ2n) is 5.25. The monoisotopic (exact) mass is 334 g/mol. The maximum absolute atomic E-state index is 12.3. The van der Waals surface area contributed by atoms with E-state index < -0.39 is 5.97 Å². The number of nitrogens with zero attached hydrogens (tertiary/aromatic N) is 2. The minimum atomic E-state index is -0.462. The summed E-state index contributed by atoms with van der Waals surface area (Å²) in [4.78, 5) is 49.7. The Morgan fingerprint density at radius 3 is 2.26 bits per heavy atom. The van der Waals surface area contributed by atoms with Gasteiger partial charge in [-0.1, -0.05) is 11.8 Å². The first-order valence-electron chi connectivity index (χ1n) is 6.97. The van der Waals surface area contributed by atoms with Crippen molar-refractivity contribution in [2.45, 2.75) is 6.04 Å². The first-order valence-corrected chi connectivity index (χ1v) is 7.96. The number of carbonyl (C=O) groups excluding carboxylic acids is 4. The Labute approximate surface area is 136 Å². The average molecular weight is 334 g/mol. The van der Waals surface area contributed by atoms with Gasteiger partial charge in [-0.2, -0.15) is 0 Å². The van der Waals surface area contributed by atoms with Crippen LogP contribution in [0.5, 0.6) is 0 Å². The van der Waals surface area contributed by atoms with Crippen LogP contribution >= 0.6 is 11.8 Å². The van der Waals surface area contributed by atoms with Crippen molar-refractivity contribution in [2.75, 3.05) is 26.0 Å². The molecule has 3 rings (SSSR count). The van der Waals surface area contributed by atoms with Crippen LogP contribution in [-0.2, 0) is 9.53 Å². The van der Waals surface area contributed by atoms with Crippen molar-refractivity contribution in [3.05, 3.63) is 35.4 Å². The van der Waals surface area contributed by atoms with E-state index in [1.54, 1.807) is 17.0 Å². The Balaban J connectivity index is 1.61. The fraction of sp³-hybridized carbons (Fsp3) is 0.333. The van der Waals surface area contributed by atoms with Crippen LogP contribution in [-0.4, -0.2) is 64.8 Å². The van der Waals surface area contributed by atoms with Crippen LogP contribution in [0.1, 0.15) is 20.7 Å². The topological polar surface area (TPSA) is 84.0 Å². The number of esters is 1. The van der Waals surface area contributed by atoms with Crippen molar-refractivity contribution in [2.24, 2.45) is 0 Å². The molecule has 2 saturated heterocycles. The number of hydrogen-bond donors (Lipinski definition) is 0. The summed E-state index contributed by atoms with van der Waals surface area (Å²) in [6.07, 6.45) is 0. The highest BCUT2D eigenvalue weighted by atomic mass is 32.2. The van der Waals surface area contributed by atoms with E-state index in [1.807, 2.05) is 0 Å². The molecule has 0 spiro atoms. The Kier molecular flexibility index (Phi) is 4.08. The average Bonchev–Trinajstić information content (AvgIpc) is 2.85. The zero-order valence-corrected chi connectivity index (χ0v) is 13.2. The van der Waals surface area contributed by atoms with Gasteiger partial charge in [-0.25, -0.2) is 4.79 Å². The second kappa shape index (κ2) is 6.04. The Hall–Kier alpha value is -2.35. The molecule has 0 N–H and O–H groups in total. The fourth-order valence-electron chi connectivity index (χ4n) is 2.55. The molecule has 0 atom stereocenters. The van der Waals surface area contributed by atoms with E-state index in [-0.39, 0.29) is 28.8 Å². The van der Waals surface area contributed by atoms with Crippen LogP contribution in [0.3, 0.4) is 0 Å². The molecule has 120 valence electrons. The van der Waals surface area contributed by atoms with Gasteiger partial charge in [0.05, 0.1) is 24.5 Å². The SMILES string of the molecule is COC(=O)c1ccc(C(=O)N2CC(N3C(=O)CSC3=O)C2)cc1. The molecule has 2 heterocycles. The third-order valence-corrected chi connectivity index (χ3v) is 4.69. The summed E-state index contributed by atoms with van der Waals surface area (Å²) in [5.41, 5.74) is 0.820. The van der Waals surface area contributed by atoms with Crippen LogP contribution < -0.4 is 0 Å². The maximum atomic E-state index is 12.3. The summed E-state index contributed by atoms with van der Waals surface area (Å²) in [7, 11) is 1.29. The van der Waals surface area contributed by atoms with Gasteiger partial charge >= 0.3 is 5.97 Å². The van der Waals surface area contributed by atoms with Crippen molar-refractivity contribution in [1.29, 1.82) is 0 Å². The van der Waals surface area contributed by atoms with Crippen LogP contribution in [0.4, 0.5) is 4.79 Å². The highest BCUT2D eigenvalue weighted by Gasteiger charge is 2.43. The molecular formula is C15H14N2O5S. The number of ether oxygens (including phenoxy) is 1. The minimum Gasteiger partial charge on any atom is -0.465 e. The smallest absolute Gasteiger partial charge is 0.337 e. The molecule has 0 aliphatic carbocycles. The molecule has 0 radical (unpaired) electrons. The maximum Gasteiger partial charge on any atom is 0.337 e. The van der Waals surface area contributed by atoms with Crippen LogP contribution in [0.15, 0.2) is 24.3 Å². The largest absolute Gasteiger partial charge is 0.465 e. The normalized spacial score (nSPS) is 18.1. The predicted molar refractivity (Wildman–Crippen MR) is 82.2 cm³/mol. The summed E-state index contributed by atoms with van der Waals surface area (Å²) in [5, 5.41) is -0.241. The molecule has 2 aliphatic rings. The zero-order chi connectivity index (χ0) is 16.6. The summed E-state index contributed by atoms with van der Waals surface area (Å²) in [6, 6.07) is 5.94. The molecule has 2 aliphatic heterocycles. The lowest BCUT2D eigenvalue weighted by atomic mass is 10.0. The number of methoxy groups -OCH3 is 1. The van der Waals surface area contributed by atoms with E-state index >= 15 is 0 Å². The number of rotatable bonds is 3. The molecule has 8 heteroatoms.